The largest absolute Gasteiger partial charge is 0.493 e. The molecule has 0 unspecified atom stereocenters. The first kappa shape index (κ1) is 11.3. The highest BCUT2D eigenvalue weighted by molar-refractivity contribution is 5.50. The second kappa shape index (κ2) is 4.34. The summed E-state index contributed by atoms with van der Waals surface area (Å²) in [5, 5.41) is 0. The first-order valence-corrected chi connectivity index (χ1v) is 5.65. The van der Waals surface area contributed by atoms with E-state index >= 15 is 0 Å². The lowest BCUT2D eigenvalue weighted by atomic mass is 10.0. The average Bonchev–Trinajstić information content (AvgIpc) is 3.07. The van der Waals surface area contributed by atoms with Gasteiger partial charge in [-0.25, -0.2) is 0 Å². The van der Waals surface area contributed by atoms with Crippen molar-refractivity contribution < 1.29 is 9.47 Å². The van der Waals surface area contributed by atoms with Crippen LogP contribution in [0, 0.1) is 5.92 Å². The van der Waals surface area contributed by atoms with Crippen molar-refractivity contribution in [2.45, 2.75) is 25.3 Å². The van der Waals surface area contributed by atoms with E-state index in [4.69, 9.17) is 15.2 Å². The molecule has 0 amide bonds. The Morgan fingerprint density at radius 1 is 1.31 bits per heavy atom. The van der Waals surface area contributed by atoms with Crippen molar-refractivity contribution in [2.24, 2.45) is 11.7 Å². The number of benzene rings is 1. The number of rotatable bonds is 4. The van der Waals surface area contributed by atoms with Crippen LogP contribution in [0.2, 0.25) is 0 Å². The van der Waals surface area contributed by atoms with Crippen molar-refractivity contribution in [1.29, 1.82) is 0 Å². The fraction of sp³-hybridized carbons (Fsp3) is 0.538. The zero-order valence-corrected chi connectivity index (χ0v) is 10.1. The Morgan fingerprint density at radius 2 is 2.06 bits per heavy atom. The van der Waals surface area contributed by atoms with Gasteiger partial charge >= 0.3 is 0 Å². The van der Waals surface area contributed by atoms with E-state index in [0.717, 1.165) is 17.9 Å². The highest BCUT2D eigenvalue weighted by Gasteiger charge is 2.42. The summed E-state index contributed by atoms with van der Waals surface area (Å²) in [6.45, 7) is 2.07. The Kier molecular flexibility index (Phi) is 3.06. The highest BCUT2D eigenvalue weighted by atomic mass is 16.5. The number of ether oxygens (including phenoxy) is 2. The Hall–Kier alpha value is -1.22. The van der Waals surface area contributed by atoms with Gasteiger partial charge in [-0.1, -0.05) is 12.1 Å². The van der Waals surface area contributed by atoms with Crippen LogP contribution in [-0.4, -0.2) is 20.3 Å². The summed E-state index contributed by atoms with van der Waals surface area (Å²) in [6, 6.07) is 6.29. The molecule has 3 nitrogen and oxygen atoms in total. The molecule has 1 fully saturated rings. The summed E-state index contributed by atoms with van der Waals surface area (Å²) in [7, 11) is 3.35. The maximum atomic E-state index is 5.92. The van der Waals surface area contributed by atoms with Gasteiger partial charge in [0.2, 0.25) is 0 Å². The van der Waals surface area contributed by atoms with E-state index in [0.29, 0.717) is 11.8 Å². The second-order valence-corrected chi connectivity index (χ2v) is 4.45. The van der Waals surface area contributed by atoms with E-state index in [1.165, 1.54) is 5.56 Å². The molecule has 1 saturated carbocycles. The summed E-state index contributed by atoms with van der Waals surface area (Å²) in [5.74, 6) is 2.78. The predicted molar refractivity (Wildman–Crippen MR) is 64.0 cm³/mol. The van der Waals surface area contributed by atoms with Crippen LogP contribution < -0.4 is 15.2 Å². The molecule has 88 valence electrons. The molecule has 0 radical (unpaired) electrons. The molecule has 0 spiro atoms. The number of hydrogen-bond donors (Lipinski definition) is 1. The van der Waals surface area contributed by atoms with Gasteiger partial charge in [-0.2, -0.15) is 0 Å². The van der Waals surface area contributed by atoms with Gasteiger partial charge in [-0.3, -0.25) is 0 Å². The Morgan fingerprint density at radius 3 is 2.56 bits per heavy atom. The first-order chi connectivity index (χ1) is 7.69. The van der Waals surface area contributed by atoms with Gasteiger partial charge in [0.25, 0.3) is 0 Å². The molecular weight excluding hydrogens is 202 g/mol. The standard InChI is InChI=1S/C13H19NO2/c1-8(14)10-7-11(10)9-5-4-6-12(15-2)13(9)16-3/h4-6,8,10-11H,7,14H2,1-3H3/t8-,10-,11+/m0/s1. The van der Waals surface area contributed by atoms with Gasteiger partial charge in [-0.05, 0) is 31.2 Å². The van der Waals surface area contributed by atoms with E-state index in [9.17, 15) is 0 Å². The molecule has 1 aliphatic rings. The van der Waals surface area contributed by atoms with E-state index in [1.807, 2.05) is 12.1 Å². The topological polar surface area (TPSA) is 44.5 Å². The molecule has 0 aliphatic heterocycles. The number of methoxy groups -OCH3 is 2. The summed E-state index contributed by atoms with van der Waals surface area (Å²) in [4.78, 5) is 0. The van der Waals surface area contributed by atoms with Gasteiger partial charge in [0.1, 0.15) is 0 Å². The van der Waals surface area contributed by atoms with Gasteiger partial charge < -0.3 is 15.2 Å². The molecule has 0 aromatic heterocycles. The normalized spacial score (nSPS) is 25.0. The quantitative estimate of drug-likeness (QED) is 0.847. The van der Waals surface area contributed by atoms with Crippen LogP contribution in [0.15, 0.2) is 18.2 Å². The summed E-state index contributed by atoms with van der Waals surface area (Å²) in [6.07, 6.45) is 1.15. The third-order valence-corrected chi connectivity index (χ3v) is 3.35. The smallest absolute Gasteiger partial charge is 0.164 e. The SMILES string of the molecule is COc1cccc([C@H]2C[C@H]2[C@H](C)N)c1OC. The fourth-order valence-electron chi connectivity index (χ4n) is 2.36. The maximum absolute atomic E-state index is 5.92. The molecule has 16 heavy (non-hydrogen) atoms. The molecule has 0 saturated heterocycles. The molecule has 3 atom stereocenters. The van der Waals surface area contributed by atoms with Crippen molar-refractivity contribution in [1.82, 2.24) is 0 Å². The summed E-state index contributed by atoms with van der Waals surface area (Å²) >= 11 is 0. The zero-order valence-electron chi connectivity index (χ0n) is 10.1. The van der Waals surface area contributed by atoms with Crippen LogP contribution in [0.25, 0.3) is 0 Å². The second-order valence-electron chi connectivity index (χ2n) is 4.45. The number of para-hydroxylation sites is 1. The van der Waals surface area contributed by atoms with Crippen LogP contribution in [0.1, 0.15) is 24.8 Å². The van der Waals surface area contributed by atoms with Crippen molar-refractivity contribution in [3.63, 3.8) is 0 Å². The zero-order chi connectivity index (χ0) is 11.7. The Labute approximate surface area is 96.5 Å². The van der Waals surface area contributed by atoms with E-state index < -0.39 is 0 Å². The summed E-state index contributed by atoms with van der Waals surface area (Å²) < 4.78 is 10.7. The van der Waals surface area contributed by atoms with Crippen molar-refractivity contribution in [3.8, 4) is 11.5 Å². The molecule has 2 rings (SSSR count). The Bertz CT molecular complexity index is 376. The molecule has 1 aliphatic carbocycles. The monoisotopic (exact) mass is 221 g/mol. The van der Waals surface area contributed by atoms with Crippen LogP contribution >= 0.6 is 0 Å². The number of hydrogen-bond acceptors (Lipinski definition) is 3. The lowest BCUT2D eigenvalue weighted by molar-refractivity contribution is 0.351. The molecule has 2 N–H and O–H groups in total. The molecule has 3 heteroatoms. The van der Waals surface area contributed by atoms with Gasteiger partial charge in [-0.15, -0.1) is 0 Å². The number of nitrogens with two attached hydrogens (primary N) is 1. The molecule has 0 heterocycles. The van der Waals surface area contributed by atoms with Crippen LogP contribution in [-0.2, 0) is 0 Å². The fourth-order valence-corrected chi connectivity index (χ4v) is 2.36. The van der Waals surface area contributed by atoms with Crippen LogP contribution in [0.4, 0.5) is 0 Å². The van der Waals surface area contributed by atoms with Gasteiger partial charge in [0, 0.05) is 11.6 Å². The van der Waals surface area contributed by atoms with E-state index in [1.54, 1.807) is 14.2 Å². The van der Waals surface area contributed by atoms with Crippen molar-refractivity contribution >= 4 is 0 Å². The van der Waals surface area contributed by atoms with Crippen LogP contribution in [0.3, 0.4) is 0 Å². The van der Waals surface area contributed by atoms with Gasteiger partial charge in [0.05, 0.1) is 14.2 Å². The maximum Gasteiger partial charge on any atom is 0.164 e. The summed E-state index contributed by atoms with van der Waals surface area (Å²) in [5.41, 5.74) is 7.14. The minimum Gasteiger partial charge on any atom is -0.493 e. The van der Waals surface area contributed by atoms with Crippen molar-refractivity contribution in [3.05, 3.63) is 23.8 Å². The van der Waals surface area contributed by atoms with E-state index in [2.05, 4.69) is 13.0 Å². The molecule has 0 bridgehead atoms. The Balaban J connectivity index is 2.28. The van der Waals surface area contributed by atoms with Crippen molar-refractivity contribution in [2.75, 3.05) is 14.2 Å². The predicted octanol–water partition coefficient (Wildman–Crippen LogP) is 2.15. The molecule has 1 aromatic carbocycles. The van der Waals surface area contributed by atoms with E-state index in [-0.39, 0.29) is 6.04 Å². The lowest BCUT2D eigenvalue weighted by Gasteiger charge is -2.13. The molecular formula is C13H19NO2. The van der Waals surface area contributed by atoms with Gasteiger partial charge in [0.15, 0.2) is 11.5 Å². The van der Waals surface area contributed by atoms with Crippen LogP contribution in [0.5, 0.6) is 11.5 Å². The lowest BCUT2D eigenvalue weighted by Crippen LogP contribution is -2.18. The third-order valence-electron chi connectivity index (χ3n) is 3.35. The molecule has 1 aromatic rings. The minimum absolute atomic E-state index is 0.251. The average molecular weight is 221 g/mol. The first-order valence-electron chi connectivity index (χ1n) is 5.65. The minimum atomic E-state index is 0.251. The third kappa shape index (κ3) is 1.87. The highest BCUT2D eigenvalue weighted by Crippen LogP contribution is 2.53.